The van der Waals surface area contributed by atoms with Crippen LogP contribution in [0.2, 0.25) is 0 Å². The van der Waals surface area contributed by atoms with E-state index in [4.69, 9.17) is 0 Å². The van der Waals surface area contributed by atoms with Crippen LogP contribution in [0.1, 0.15) is 5.56 Å². The Morgan fingerprint density at radius 1 is 1.23 bits per heavy atom. The Labute approximate surface area is 83.8 Å². The maximum Gasteiger partial charge on any atom is 0.171 e. The molecule has 0 atom stereocenters. The van der Waals surface area contributed by atoms with E-state index in [0.717, 1.165) is 16.0 Å². The van der Waals surface area contributed by atoms with Crippen molar-refractivity contribution in [1.29, 1.82) is 0 Å². The van der Waals surface area contributed by atoms with Crippen molar-refractivity contribution in [3.63, 3.8) is 0 Å². The van der Waals surface area contributed by atoms with Crippen molar-refractivity contribution in [2.75, 3.05) is 0 Å². The van der Waals surface area contributed by atoms with Crippen LogP contribution in [0.15, 0.2) is 29.4 Å². The predicted molar refractivity (Wildman–Crippen MR) is 51.6 cm³/mol. The van der Waals surface area contributed by atoms with Crippen molar-refractivity contribution in [3.05, 3.63) is 35.0 Å². The molecule has 0 N–H and O–H groups in total. The second kappa shape index (κ2) is 3.26. The molecule has 4 nitrogen and oxygen atoms in total. The minimum Gasteiger partial charge on any atom is -0.244 e. The Kier molecular flexibility index (Phi) is 2.10. The van der Waals surface area contributed by atoms with Crippen LogP contribution in [0.3, 0.4) is 0 Å². The highest BCUT2D eigenvalue weighted by atomic mass is 79.9. The van der Waals surface area contributed by atoms with Crippen molar-refractivity contribution in [3.8, 4) is 5.82 Å². The molecule has 0 saturated carbocycles. The van der Waals surface area contributed by atoms with Crippen LogP contribution in [0, 0.1) is 6.92 Å². The summed E-state index contributed by atoms with van der Waals surface area (Å²) in [6.45, 7) is 1.98. The zero-order valence-electron chi connectivity index (χ0n) is 6.98. The standard InChI is InChI=1S/C8H7BrN4/c1-6-2-12-13(5-6)8-4-10-7(9)3-11-8/h2-5H,1H3. The Morgan fingerprint density at radius 2 is 2.08 bits per heavy atom. The maximum absolute atomic E-state index is 4.15. The molecule has 5 heteroatoms. The van der Waals surface area contributed by atoms with Crippen LogP contribution in [0.4, 0.5) is 0 Å². The third-order valence-electron chi connectivity index (χ3n) is 1.55. The lowest BCUT2D eigenvalue weighted by molar-refractivity contribution is 0.835. The normalized spacial score (nSPS) is 10.3. The van der Waals surface area contributed by atoms with Gasteiger partial charge in [0.05, 0.1) is 18.6 Å². The molecule has 2 aromatic heterocycles. The number of hydrogen-bond acceptors (Lipinski definition) is 3. The Morgan fingerprint density at radius 3 is 2.62 bits per heavy atom. The lowest BCUT2D eigenvalue weighted by Crippen LogP contribution is -1.97. The molecule has 2 heterocycles. The highest BCUT2D eigenvalue weighted by Crippen LogP contribution is 2.06. The molecular weight excluding hydrogens is 232 g/mol. The number of rotatable bonds is 1. The van der Waals surface area contributed by atoms with Gasteiger partial charge in [-0.3, -0.25) is 0 Å². The minimum atomic E-state index is 0.719. The molecule has 2 aromatic rings. The van der Waals surface area contributed by atoms with Gasteiger partial charge in [0, 0.05) is 6.20 Å². The van der Waals surface area contributed by atoms with E-state index in [9.17, 15) is 0 Å². The first kappa shape index (κ1) is 8.37. The Hall–Kier alpha value is -1.23. The maximum atomic E-state index is 4.15. The van der Waals surface area contributed by atoms with Gasteiger partial charge in [0.25, 0.3) is 0 Å². The van der Waals surface area contributed by atoms with E-state index in [1.807, 2.05) is 13.1 Å². The van der Waals surface area contributed by atoms with Gasteiger partial charge < -0.3 is 0 Å². The van der Waals surface area contributed by atoms with E-state index in [1.165, 1.54) is 0 Å². The number of aryl methyl sites for hydroxylation is 1. The highest BCUT2D eigenvalue weighted by molar-refractivity contribution is 9.10. The van der Waals surface area contributed by atoms with Gasteiger partial charge in [-0.15, -0.1) is 0 Å². The first-order valence-corrected chi connectivity index (χ1v) is 4.54. The number of aromatic nitrogens is 4. The second-order valence-corrected chi connectivity index (χ2v) is 3.47. The van der Waals surface area contributed by atoms with Crippen LogP contribution in [0.25, 0.3) is 5.82 Å². The van der Waals surface area contributed by atoms with Gasteiger partial charge in [-0.1, -0.05) is 0 Å². The average Bonchev–Trinajstić information content (AvgIpc) is 2.53. The Bertz CT molecular complexity index is 406. The van der Waals surface area contributed by atoms with E-state index in [-0.39, 0.29) is 0 Å². The van der Waals surface area contributed by atoms with Gasteiger partial charge in [0.15, 0.2) is 5.82 Å². The van der Waals surface area contributed by atoms with E-state index < -0.39 is 0 Å². The predicted octanol–water partition coefficient (Wildman–Crippen LogP) is 1.73. The summed E-state index contributed by atoms with van der Waals surface area (Å²) >= 11 is 3.22. The summed E-state index contributed by atoms with van der Waals surface area (Å²) in [5.74, 6) is 0.719. The molecule has 66 valence electrons. The molecule has 13 heavy (non-hydrogen) atoms. The van der Waals surface area contributed by atoms with Crippen molar-refractivity contribution in [2.24, 2.45) is 0 Å². The van der Waals surface area contributed by atoms with E-state index >= 15 is 0 Å². The van der Waals surface area contributed by atoms with E-state index in [0.29, 0.717) is 0 Å². The van der Waals surface area contributed by atoms with Gasteiger partial charge in [0.1, 0.15) is 4.60 Å². The summed E-state index contributed by atoms with van der Waals surface area (Å²) in [7, 11) is 0. The van der Waals surface area contributed by atoms with Crippen molar-refractivity contribution >= 4 is 15.9 Å². The van der Waals surface area contributed by atoms with Crippen LogP contribution in [-0.2, 0) is 0 Å². The SMILES string of the molecule is Cc1cnn(-c2cnc(Br)cn2)c1. The minimum absolute atomic E-state index is 0.719. The smallest absolute Gasteiger partial charge is 0.171 e. The van der Waals surface area contributed by atoms with E-state index in [2.05, 4.69) is 31.0 Å². The van der Waals surface area contributed by atoms with Crippen LogP contribution >= 0.6 is 15.9 Å². The van der Waals surface area contributed by atoms with E-state index in [1.54, 1.807) is 23.3 Å². The molecule has 0 aliphatic rings. The number of halogens is 1. The van der Waals surface area contributed by atoms with Gasteiger partial charge in [0.2, 0.25) is 0 Å². The average molecular weight is 239 g/mol. The third kappa shape index (κ3) is 1.75. The first-order chi connectivity index (χ1) is 6.25. The molecule has 0 radical (unpaired) electrons. The molecule has 0 amide bonds. The molecule has 0 bridgehead atoms. The quantitative estimate of drug-likeness (QED) is 0.761. The summed E-state index contributed by atoms with van der Waals surface area (Å²) in [6, 6.07) is 0. The molecule has 0 spiro atoms. The largest absolute Gasteiger partial charge is 0.244 e. The topological polar surface area (TPSA) is 43.6 Å². The lowest BCUT2D eigenvalue weighted by Gasteiger charge is -1.97. The van der Waals surface area contributed by atoms with Crippen molar-refractivity contribution < 1.29 is 0 Å². The summed E-state index contributed by atoms with van der Waals surface area (Å²) in [4.78, 5) is 8.21. The fraction of sp³-hybridized carbons (Fsp3) is 0.125. The zero-order valence-corrected chi connectivity index (χ0v) is 8.56. The highest BCUT2D eigenvalue weighted by Gasteiger charge is 1.99. The fourth-order valence-electron chi connectivity index (χ4n) is 0.962. The van der Waals surface area contributed by atoms with Gasteiger partial charge in [-0.05, 0) is 28.4 Å². The first-order valence-electron chi connectivity index (χ1n) is 3.75. The Balaban J connectivity index is 2.41. The molecular formula is C8H7BrN4. The summed E-state index contributed by atoms with van der Waals surface area (Å²) in [6.07, 6.45) is 6.99. The molecule has 0 saturated heterocycles. The molecule has 0 aliphatic heterocycles. The monoisotopic (exact) mass is 238 g/mol. The van der Waals surface area contributed by atoms with Crippen LogP contribution in [-0.4, -0.2) is 19.7 Å². The van der Waals surface area contributed by atoms with Crippen molar-refractivity contribution in [2.45, 2.75) is 6.92 Å². The number of nitrogens with zero attached hydrogens (tertiary/aromatic N) is 4. The molecule has 0 fully saturated rings. The van der Waals surface area contributed by atoms with Gasteiger partial charge >= 0.3 is 0 Å². The third-order valence-corrected chi connectivity index (χ3v) is 1.96. The van der Waals surface area contributed by atoms with Gasteiger partial charge in [-0.25, -0.2) is 14.6 Å². The summed E-state index contributed by atoms with van der Waals surface area (Å²) in [5, 5.41) is 4.11. The van der Waals surface area contributed by atoms with Crippen molar-refractivity contribution in [1.82, 2.24) is 19.7 Å². The van der Waals surface area contributed by atoms with Gasteiger partial charge in [-0.2, -0.15) is 5.10 Å². The number of hydrogen-bond donors (Lipinski definition) is 0. The fourth-order valence-corrected chi connectivity index (χ4v) is 1.17. The summed E-state index contributed by atoms with van der Waals surface area (Å²) in [5.41, 5.74) is 1.10. The zero-order chi connectivity index (χ0) is 9.26. The molecule has 0 aliphatic carbocycles. The van der Waals surface area contributed by atoms with Crippen LogP contribution < -0.4 is 0 Å². The summed E-state index contributed by atoms with van der Waals surface area (Å²) < 4.78 is 2.41. The molecule has 0 unspecified atom stereocenters. The molecule has 0 aromatic carbocycles. The second-order valence-electron chi connectivity index (χ2n) is 2.66. The lowest BCUT2D eigenvalue weighted by atomic mass is 10.4. The molecule has 2 rings (SSSR count). The van der Waals surface area contributed by atoms with Crippen LogP contribution in [0.5, 0.6) is 0 Å².